The molecule has 128 valence electrons. The van der Waals surface area contributed by atoms with Crippen LogP contribution in [-0.2, 0) is 4.79 Å². The van der Waals surface area contributed by atoms with Gasteiger partial charge in [0, 0.05) is 10.0 Å². The topological polar surface area (TPSA) is 41.6 Å². The SMILES string of the molecule is CCOc1ccc(Br)cc1/C=C1/NC(=S)N(c2ccccc2C)C1=O. The molecule has 1 aliphatic rings. The Morgan fingerprint density at radius 3 is 2.76 bits per heavy atom. The monoisotopic (exact) mass is 416 g/mol. The first kappa shape index (κ1) is 17.6. The largest absolute Gasteiger partial charge is 0.493 e. The van der Waals surface area contributed by atoms with Crippen LogP contribution in [0.4, 0.5) is 5.69 Å². The van der Waals surface area contributed by atoms with Gasteiger partial charge in [0.15, 0.2) is 5.11 Å². The van der Waals surface area contributed by atoms with Gasteiger partial charge in [-0.2, -0.15) is 0 Å². The van der Waals surface area contributed by atoms with Crippen LogP contribution < -0.4 is 15.0 Å². The van der Waals surface area contributed by atoms with Crippen LogP contribution in [-0.4, -0.2) is 17.6 Å². The van der Waals surface area contributed by atoms with Crippen molar-refractivity contribution < 1.29 is 9.53 Å². The zero-order valence-corrected chi connectivity index (χ0v) is 16.3. The molecule has 2 aromatic rings. The van der Waals surface area contributed by atoms with Gasteiger partial charge in [0.05, 0.1) is 12.3 Å². The fraction of sp³-hybridized carbons (Fsp3) is 0.158. The Bertz CT molecular complexity index is 879. The molecular formula is C19H17BrN2O2S. The number of nitrogens with one attached hydrogen (secondary N) is 1. The summed E-state index contributed by atoms with van der Waals surface area (Å²) in [6.45, 7) is 4.42. The van der Waals surface area contributed by atoms with Gasteiger partial charge in [-0.05, 0) is 62.0 Å². The molecule has 1 fully saturated rings. The lowest BCUT2D eigenvalue weighted by Crippen LogP contribution is -2.30. The molecule has 1 amide bonds. The molecule has 1 aliphatic heterocycles. The van der Waals surface area contributed by atoms with E-state index in [2.05, 4.69) is 21.2 Å². The molecule has 1 saturated heterocycles. The summed E-state index contributed by atoms with van der Waals surface area (Å²) in [7, 11) is 0. The predicted octanol–water partition coefficient (Wildman–Crippen LogP) is 4.42. The molecule has 3 rings (SSSR count). The highest BCUT2D eigenvalue weighted by Crippen LogP contribution is 2.29. The Morgan fingerprint density at radius 2 is 2.04 bits per heavy atom. The van der Waals surface area contributed by atoms with E-state index in [4.69, 9.17) is 17.0 Å². The van der Waals surface area contributed by atoms with E-state index in [1.54, 1.807) is 6.08 Å². The molecule has 0 aliphatic carbocycles. The number of carbonyl (C=O) groups is 1. The minimum atomic E-state index is -0.179. The highest BCUT2D eigenvalue weighted by molar-refractivity contribution is 9.10. The van der Waals surface area contributed by atoms with Crippen molar-refractivity contribution in [2.75, 3.05) is 11.5 Å². The Labute approximate surface area is 160 Å². The molecule has 6 heteroatoms. The Kier molecular flexibility index (Phi) is 5.20. The zero-order chi connectivity index (χ0) is 18.0. The average Bonchev–Trinajstić information content (AvgIpc) is 2.85. The van der Waals surface area contributed by atoms with Crippen LogP contribution in [0.15, 0.2) is 52.6 Å². The normalized spacial score (nSPS) is 15.6. The molecule has 0 saturated carbocycles. The van der Waals surface area contributed by atoms with E-state index in [1.165, 1.54) is 4.90 Å². The second-order valence-electron chi connectivity index (χ2n) is 5.53. The van der Waals surface area contributed by atoms with Crippen molar-refractivity contribution in [1.29, 1.82) is 0 Å². The lowest BCUT2D eigenvalue weighted by molar-refractivity contribution is -0.113. The van der Waals surface area contributed by atoms with Gasteiger partial charge in [0.1, 0.15) is 11.4 Å². The van der Waals surface area contributed by atoms with Crippen molar-refractivity contribution in [3.8, 4) is 5.75 Å². The number of carbonyl (C=O) groups excluding carboxylic acids is 1. The maximum atomic E-state index is 12.9. The first-order chi connectivity index (χ1) is 12.0. The minimum absolute atomic E-state index is 0.179. The molecule has 25 heavy (non-hydrogen) atoms. The van der Waals surface area contributed by atoms with Crippen LogP contribution in [0.3, 0.4) is 0 Å². The van der Waals surface area contributed by atoms with Crippen LogP contribution in [0, 0.1) is 6.92 Å². The number of nitrogens with zero attached hydrogens (tertiary/aromatic N) is 1. The first-order valence-electron chi connectivity index (χ1n) is 7.86. The van der Waals surface area contributed by atoms with Gasteiger partial charge in [-0.15, -0.1) is 0 Å². The lowest BCUT2D eigenvalue weighted by atomic mass is 10.1. The van der Waals surface area contributed by atoms with Crippen LogP contribution in [0.2, 0.25) is 0 Å². The number of hydrogen-bond donors (Lipinski definition) is 1. The standard InChI is InChI=1S/C19H17BrN2O2S/c1-3-24-17-9-8-14(20)10-13(17)11-15-18(23)22(19(25)21-15)16-7-5-4-6-12(16)2/h4-11H,3H2,1-2H3,(H,21,25)/b15-11+. The molecule has 0 radical (unpaired) electrons. The van der Waals surface area contributed by atoms with Gasteiger partial charge in [0.25, 0.3) is 5.91 Å². The van der Waals surface area contributed by atoms with E-state index in [-0.39, 0.29) is 5.91 Å². The summed E-state index contributed by atoms with van der Waals surface area (Å²) < 4.78 is 6.55. The zero-order valence-electron chi connectivity index (χ0n) is 13.9. The minimum Gasteiger partial charge on any atom is -0.493 e. The number of amides is 1. The molecule has 4 nitrogen and oxygen atoms in total. The molecule has 0 bridgehead atoms. The van der Waals surface area contributed by atoms with E-state index >= 15 is 0 Å². The molecular weight excluding hydrogens is 400 g/mol. The number of aryl methyl sites for hydroxylation is 1. The number of para-hydroxylation sites is 1. The summed E-state index contributed by atoms with van der Waals surface area (Å²) in [5, 5.41) is 3.39. The number of anilines is 1. The summed E-state index contributed by atoms with van der Waals surface area (Å²) in [5.41, 5.74) is 3.00. The van der Waals surface area contributed by atoms with Gasteiger partial charge >= 0.3 is 0 Å². The van der Waals surface area contributed by atoms with Gasteiger partial charge < -0.3 is 10.1 Å². The molecule has 0 spiro atoms. The van der Waals surface area contributed by atoms with E-state index < -0.39 is 0 Å². The number of rotatable bonds is 4. The van der Waals surface area contributed by atoms with Gasteiger partial charge in [-0.1, -0.05) is 34.1 Å². The third-order valence-corrected chi connectivity index (χ3v) is 4.58. The molecule has 2 aromatic carbocycles. The number of halogens is 1. The van der Waals surface area contributed by atoms with E-state index in [0.29, 0.717) is 23.2 Å². The highest BCUT2D eigenvalue weighted by Gasteiger charge is 2.32. The van der Waals surface area contributed by atoms with Gasteiger partial charge in [-0.3, -0.25) is 9.69 Å². The maximum Gasteiger partial charge on any atom is 0.281 e. The molecule has 0 aromatic heterocycles. The maximum absolute atomic E-state index is 12.9. The summed E-state index contributed by atoms with van der Waals surface area (Å²) >= 11 is 8.83. The van der Waals surface area contributed by atoms with Crippen LogP contribution in [0.25, 0.3) is 6.08 Å². The summed E-state index contributed by atoms with van der Waals surface area (Å²) in [6, 6.07) is 13.3. The van der Waals surface area contributed by atoms with Crippen molar-refractivity contribution in [2.45, 2.75) is 13.8 Å². The molecule has 0 atom stereocenters. The quantitative estimate of drug-likeness (QED) is 0.591. The number of hydrogen-bond acceptors (Lipinski definition) is 3. The lowest BCUT2D eigenvalue weighted by Gasteiger charge is -2.16. The third-order valence-electron chi connectivity index (χ3n) is 3.81. The van der Waals surface area contributed by atoms with Crippen molar-refractivity contribution in [2.24, 2.45) is 0 Å². The number of thiocarbonyl (C=S) groups is 1. The van der Waals surface area contributed by atoms with Crippen molar-refractivity contribution in [3.63, 3.8) is 0 Å². The molecule has 1 N–H and O–H groups in total. The summed E-state index contributed by atoms with van der Waals surface area (Å²) in [6.07, 6.45) is 1.77. The number of benzene rings is 2. The van der Waals surface area contributed by atoms with Crippen molar-refractivity contribution in [3.05, 3.63) is 63.8 Å². The Morgan fingerprint density at radius 1 is 1.28 bits per heavy atom. The Hall–Kier alpha value is -2.18. The second kappa shape index (κ2) is 7.37. The number of ether oxygens (including phenoxy) is 1. The third kappa shape index (κ3) is 3.60. The first-order valence-corrected chi connectivity index (χ1v) is 9.06. The van der Waals surface area contributed by atoms with E-state index in [9.17, 15) is 4.79 Å². The highest BCUT2D eigenvalue weighted by atomic mass is 79.9. The van der Waals surface area contributed by atoms with E-state index in [1.807, 2.05) is 56.3 Å². The molecule has 0 unspecified atom stereocenters. The summed E-state index contributed by atoms with van der Waals surface area (Å²) in [4.78, 5) is 14.4. The van der Waals surface area contributed by atoms with Gasteiger partial charge in [0.2, 0.25) is 0 Å². The van der Waals surface area contributed by atoms with Crippen molar-refractivity contribution in [1.82, 2.24) is 5.32 Å². The van der Waals surface area contributed by atoms with Crippen LogP contribution in [0.5, 0.6) is 5.75 Å². The average molecular weight is 417 g/mol. The van der Waals surface area contributed by atoms with Crippen LogP contribution in [0.1, 0.15) is 18.1 Å². The fourth-order valence-electron chi connectivity index (χ4n) is 2.64. The van der Waals surface area contributed by atoms with Gasteiger partial charge in [-0.25, -0.2) is 0 Å². The second-order valence-corrected chi connectivity index (χ2v) is 6.83. The predicted molar refractivity (Wildman–Crippen MR) is 108 cm³/mol. The van der Waals surface area contributed by atoms with Crippen LogP contribution >= 0.6 is 28.1 Å². The smallest absolute Gasteiger partial charge is 0.281 e. The van der Waals surface area contributed by atoms with Crippen molar-refractivity contribution >= 4 is 50.9 Å². The summed E-state index contributed by atoms with van der Waals surface area (Å²) in [5.74, 6) is 0.537. The van der Waals surface area contributed by atoms with E-state index in [0.717, 1.165) is 21.3 Å². The fourth-order valence-corrected chi connectivity index (χ4v) is 3.31. The molecule has 1 heterocycles. The Balaban J connectivity index is 1.99.